The van der Waals surface area contributed by atoms with Crippen molar-refractivity contribution in [1.29, 1.82) is 0 Å². The Morgan fingerprint density at radius 3 is 2.42 bits per heavy atom. The number of benzene rings is 2. The van der Waals surface area contributed by atoms with Crippen LogP contribution in [0.5, 0.6) is 0 Å². The summed E-state index contributed by atoms with van der Waals surface area (Å²) in [6.45, 7) is 1.87. The average molecular weight is 353 g/mol. The summed E-state index contributed by atoms with van der Waals surface area (Å²) in [7, 11) is 0. The van der Waals surface area contributed by atoms with Gasteiger partial charge in [-0.15, -0.1) is 11.8 Å². The number of rotatable bonds is 6. The molecule has 0 radical (unpaired) electrons. The Morgan fingerprint density at radius 1 is 1.08 bits per heavy atom. The maximum Gasteiger partial charge on any atom is 0.416 e. The van der Waals surface area contributed by atoms with Gasteiger partial charge in [0.25, 0.3) is 0 Å². The standard InChI is InChI=1S/C18H18F3NOS/c1-13(24-12-14-6-3-2-4-7-14)17(23)22-11-15-8-5-9-16(10-15)18(19,20)21/h2-10,13H,11-12H2,1H3,(H,22,23)/t13-/m1/s1. The molecule has 2 nitrogen and oxygen atoms in total. The van der Waals surface area contributed by atoms with Crippen molar-refractivity contribution in [1.82, 2.24) is 5.32 Å². The minimum atomic E-state index is -4.38. The van der Waals surface area contributed by atoms with Gasteiger partial charge in [0, 0.05) is 12.3 Å². The first kappa shape index (κ1) is 18.4. The highest BCUT2D eigenvalue weighted by Crippen LogP contribution is 2.29. The molecule has 24 heavy (non-hydrogen) atoms. The fraction of sp³-hybridized carbons (Fsp3) is 0.278. The van der Waals surface area contributed by atoms with Crippen LogP contribution in [0.2, 0.25) is 0 Å². The molecule has 6 heteroatoms. The van der Waals surface area contributed by atoms with Crippen LogP contribution in [0.15, 0.2) is 54.6 Å². The first-order valence-corrected chi connectivity index (χ1v) is 8.50. The third kappa shape index (κ3) is 5.60. The number of hydrogen-bond donors (Lipinski definition) is 1. The molecule has 0 bridgehead atoms. The molecule has 2 rings (SSSR count). The lowest BCUT2D eigenvalue weighted by Gasteiger charge is -2.13. The molecule has 0 aliphatic rings. The van der Waals surface area contributed by atoms with Crippen molar-refractivity contribution >= 4 is 17.7 Å². The van der Waals surface area contributed by atoms with E-state index in [1.807, 2.05) is 30.3 Å². The van der Waals surface area contributed by atoms with E-state index < -0.39 is 11.7 Å². The zero-order valence-electron chi connectivity index (χ0n) is 13.1. The van der Waals surface area contributed by atoms with E-state index in [0.29, 0.717) is 11.3 Å². The van der Waals surface area contributed by atoms with Crippen molar-refractivity contribution in [3.8, 4) is 0 Å². The lowest BCUT2D eigenvalue weighted by atomic mass is 10.1. The number of carbonyl (C=O) groups is 1. The molecule has 128 valence electrons. The van der Waals surface area contributed by atoms with Crippen LogP contribution >= 0.6 is 11.8 Å². The second-order valence-corrected chi connectivity index (χ2v) is 6.68. The number of carbonyl (C=O) groups excluding carboxylic acids is 1. The van der Waals surface area contributed by atoms with Gasteiger partial charge in [0.15, 0.2) is 0 Å². The zero-order valence-corrected chi connectivity index (χ0v) is 14.0. The van der Waals surface area contributed by atoms with E-state index in [9.17, 15) is 18.0 Å². The van der Waals surface area contributed by atoms with Gasteiger partial charge in [-0.25, -0.2) is 0 Å². The summed E-state index contributed by atoms with van der Waals surface area (Å²) in [5.74, 6) is 0.521. The van der Waals surface area contributed by atoms with E-state index in [1.165, 1.54) is 17.8 Å². The third-order valence-corrected chi connectivity index (χ3v) is 4.65. The molecule has 1 N–H and O–H groups in total. The van der Waals surface area contributed by atoms with Crippen molar-refractivity contribution < 1.29 is 18.0 Å². The van der Waals surface area contributed by atoms with E-state index in [2.05, 4.69) is 5.32 Å². The Hall–Kier alpha value is -1.95. The number of halogens is 3. The van der Waals surface area contributed by atoms with Gasteiger partial charge in [0.2, 0.25) is 5.91 Å². The summed E-state index contributed by atoms with van der Waals surface area (Å²) in [6, 6.07) is 14.8. The number of nitrogens with one attached hydrogen (secondary N) is 1. The van der Waals surface area contributed by atoms with Crippen LogP contribution in [0.3, 0.4) is 0 Å². The molecule has 0 aliphatic heterocycles. The third-order valence-electron chi connectivity index (χ3n) is 3.43. The smallest absolute Gasteiger partial charge is 0.351 e. The summed E-state index contributed by atoms with van der Waals surface area (Å²) >= 11 is 1.49. The summed E-state index contributed by atoms with van der Waals surface area (Å²) in [4.78, 5) is 12.1. The van der Waals surface area contributed by atoms with Crippen molar-refractivity contribution in [2.24, 2.45) is 0 Å². The molecule has 0 aromatic heterocycles. The van der Waals surface area contributed by atoms with Crippen LogP contribution in [0.1, 0.15) is 23.6 Å². The Labute approximate surface area is 143 Å². The second kappa shape index (κ2) is 8.24. The Balaban J connectivity index is 1.84. The molecule has 1 amide bonds. The quantitative estimate of drug-likeness (QED) is 0.819. The van der Waals surface area contributed by atoms with Crippen LogP contribution in [0, 0.1) is 0 Å². The highest BCUT2D eigenvalue weighted by Gasteiger charge is 2.30. The van der Waals surface area contributed by atoms with Crippen molar-refractivity contribution in [3.63, 3.8) is 0 Å². The Morgan fingerprint density at radius 2 is 1.75 bits per heavy atom. The van der Waals surface area contributed by atoms with E-state index in [0.717, 1.165) is 17.7 Å². The lowest BCUT2D eigenvalue weighted by molar-refractivity contribution is -0.137. The van der Waals surface area contributed by atoms with E-state index in [4.69, 9.17) is 0 Å². The molecule has 1 atom stereocenters. The summed E-state index contributed by atoms with van der Waals surface area (Å²) in [5.41, 5.74) is 0.846. The first-order chi connectivity index (χ1) is 11.4. The van der Waals surface area contributed by atoms with Crippen molar-refractivity contribution in [3.05, 3.63) is 71.3 Å². The molecule has 0 saturated heterocycles. The minimum absolute atomic E-state index is 0.0823. The number of hydrogen-bond acceptors (Lipinski definition) is 2. The molecule has 2 aromatic carbocycles. The van der Waals surface area contributed by atoms with Crippen LogP contribution in [0.25, 0.3) is 0 Å². The molecular formula is C18H18F3NOS. The SMILES string of the molecule is C[C@@H](SCc1ccccc1)C(=O)NCc1cccc(C(F)(F)F)c1. The molecular weight excluding hydrogens is 335 g/mol. The van der Waals surface area contributed by atoms with Crippen molar-refractivity contribution in [2.45, 2.75) is 30.6 Å². The number of amides is 1. The predicted molar refractivity (Wildman–Crippen MR) is 90.5 cm³/mol. The van der Waals surface area contributed by atoms with Crippen LogP contribution in [-0.2, 0) is 23.3 Å². The van der Waals surface area contributed by atoms with Gasteiger partial charge in [-0.05, 0) is 30.2 Å². The molecule has 0 saturated carbocycles. The summed E-state index contributed by atoms with van der Waals surface area (Å²) < 4.78 is 38.0. The molecule has 0 unspecified atom stereocenters. The molecule has 0 aliphatic carbocycles. The van der Waals surface area contributed by atoms with Crippen LogP contribution in [-0.4, -0.2) is 11.2 Å². The van der Waals surface area contributed by atoms with Gasteiger partial charge >= 0.3 is 6.18 Å². The average Bonchev–Trinajstić information content (AvgIpc) is 2.58. The number of thioether (sulfide) groups is 1. The van der Waals surface area contributed by atoms with Gasteiger partial charge < -0.3 is 5.32 Å². The normalized spacial score (nSPS) is 12.7. The van der Waals surface area contributed by atoms with Gasteiger partial charge in [0.05, 0.1) is 10.8 Å². The molecule has 0 heterocycles. The summed E-state index contributed by atoms with van der Waals surface area (Å²) in [5, 5.41) is 2.41. The molecule has 0 fully saturated rings. The Kier molecular flexibility index (Phi) is 6.31. The monoisotopic (exact) mass is 353 g/mol. The highest BCUT2D eigenvalue weighted by atomic mass is 32.2. The zero-order chi connectivity index (χ0) is 17.6. The largest absolute Gasteiger partial charge is 0.416 e. The van der Waals surface area contributed by atoms with Gasteiger partial charge in [0.1, 0.15) is 0 Å². The van der Waals surface area contributed by atoms with Crippen LogP contribution in [0.4, 0.5) is 13.2 Å². The van der Waals surface area contributed by atoms with E-state index >= 15 is 0 Å². The van der Waals surface area contributed by atoms with E-state index in [1.54, 1.807) is 13.0 Å². The van der Waals surface area contributed by atoms with E-state index in [-0.39, 0.29) is 17.7 Å². The van der Waals surface area contributed by atoms with Crippen molar-refractivity contribution in [2.75, 3.05) is 0 Å². The van der Waals surface area contributed by atoms with Crippen LogP contribution < -0.4 is 5.32 Å². The predicted octanol–water partition coefficient (Wildman–Crippen LogP) is 4.64. The maximum atomic E-state index is 12.7. The number of alkyl halides is 3. The molecule has 0 spiro atoms. The topological polar surface area (TPSA) is 29.1 Å². The second-order valence-electron chi connectivity index (χ2n) is 5.35. The van der Waals surface area contributed by atoms with Gasteiger partial charge in [-0.1, -0.05) is 42.5 Å². The Bertz CT molecular complexity index is 673. The lowest BCUT2D eigenvalue weighted by Crippen LogP contribution is -2.30. The van der Waals surface area contributed by atoms with Gasteiger partial charge in [-0.3, -0.25) is 4.79 Å². The fourth-order valence-corrected chi connectivity index (χ4v) is 2.93. The molecule has 2 aromatic rings. The minimum Gasteiger partial charge on any atom is -0.351 e. The maximum absolute atomic E-state index is 12.7. The first-order valence-electron chi connectivity index (χ1n) is 7.45. The highest BCUT2D eigenvalue weighted by molar-refractivity contribution is 7.99. The summed E-state index contributed by atoms with van der Waals surface area (Å²) in [6.07, 6.45) is -4.38. The fourth-order valence-electron chi connectivity index (χ4n) is 2.06. The van der Waals surface area contributed by atoms with Gasteiger partial charge in [-0.2, -0.15) is 13.2 Å².